The van der Waals surface area contributed by atoms with Gasteiger partial charge in [0.15, 0.2) is 0 Å². The third-order valence-corrected chi connectivity index (χ3v) is 5.42. The third kappa shape index (κ3) is 2.54. The number of halogens is 4. The Morgan fingerprint density at radius 1 is 1.35 bits per heavy atom. The van der Waals surface area contributed by atoms with Gasteiger partial charge in [-0.15, -0.1) is 11.3 Å². The molecule has 0 radical (unpaired) electrons. The summed E-state index contributed by atoms with van der Waals surface area (Å²) in [5.41, 5.74) is 1.34. The van der Waals surface area contributed by atoms with Gasteiger partial charge in [-0.3, -0.25) is 0 Å². The molecule has 0 saturated heterocycles. The van der Waals surface area contributed by atoms with Crippen LogP contribution >= 0.6 is 38.9 Å². The van der Waals surface area contributed by atoms with Gasteiger partial charge in [-0.05, 0) is 23.9 Å². The number of alkyl halides is 1. The summed E-state index contributed by atoms with van der Waals surface area (Å²) in [6, 6.07) is 3.54. The Morgan fingerprint density at radius 3 is 2.59 bits per heavy atom. The normalized spacial score (nSPS) is 12.8. The van der Waals surface area contributed by atoms with Gasteiger partial charge in [0.2, 0.25) is 0 Å². The third-order valence-electron chi connectivity index (χ3n) is 2.39. The van der Waals surface area contributed by atoms with Crippen LogP contribution in [0.15, 0.2) is 23.6 Å². The lowest BCUT2D eigenvalue weighted by Crippen LogP contribution is -1.96. The summed E-state index contributed by atoms with van der Waals surface area (Å²) in [6.45, 7) is 1.89. The largest absolute Gasteiger partial charge is 0.207 e. The van der Waals surface area contributed by atoms with Gasteiger partial charge in [-0.2, -0.15) is 0 Å². The topological polar surface area (TPSA) is 0 Å². The van der Waals surface area contributed by atoms with Crippen LogP contribution in [0.2, 0.25) is 5.02 Å². The molecule has 0 amide bonds. The monoisotopic (exact) mass is 336 g/mol. The molecule has 1 aromatic heterocycles. The fraction of sp³-hybridized carbons (Fsp3) is 0.167. The molecule has 0 N–H and O–H groups in total. The summed E-state index contributed by atoms with van der Waals surface area (Å²) in [4.78, 5) is 0.476. The van der Waals surface area contributed by atoms with Gasteiger partial charge in [0.25, 0.3) is 0 Å². The van der Waals surface area contributed by atoms with Crippen LogP contribution in [0.3, 0.4) is 0 Å². The van der Waals surface area contributed by atoms with E-state index in [1.807, 2.05) is 12.3 Å². The fourth-order valence-corrected chi connectivity index (χ4v) is 3.82. The highest BCUT2D eigenvalue weighted by atomic mass is 79.9. The molecule has 0 fully saturated rings. The first kappa shape index (κ1) is 13.0. The van der Waals surface area contributed by atoms with Crippen LogP contribution in [0.25, 0.3) is 0 Å². The number of aryl methyl sites for hydroxylation is 1. The van der Waals surface area contributed by atoms with Gasteiger partial charge < -0.3 is 0 Å². The van der Waals surface area contributed by atoms with E-state index in [0.29, 0.717) is 10.6 Å². The molecule has 2 rings (SSSR count). The van der Waals surface area contributed by atoms with Crippen molar-refractivity contribution >= 4 is 38.9 Å². The Labute approximate surface area is 115 Å². The van der Waals surface area contributed by atoms with E-state index in [-0.39, 0.29) is 4.83 Å². The molecule has 0 aliphatic carbocycles. The predicted molar refractivity (Wildman–Crippen MR) is 71.2 cm³/mol. The molecule has 1 heterocycles. The van der Waals surface area contributed by atoms with E-state index >= 15 is 0 Å². The molecule has 0 bridgehead atoms. The zero-order valence-electron chi connectivity index (χ0n) is 8.81. The standard InChI is InChI=1S/C12H8BrClF2S/c1-6-5-17-12(11(6)14)10(13)8-3-2-7(15)4-9(8)16/h2-5,10H,1H3. The molecule has 0 nitrogen and oxygen atoms in total. The first-order chi connectivity index (χ1) is 8.00. The van der Waals surface area contributed by atoms with E-state index in [1.54, 1.807) is 0 Å². The first-order valence-corrected chi connectivity index (χ1v) is 7.00. The van der Waals surface area contributed by atoms with E-state index < -0.39 is 11.6 Å². The van der Waals surface area contributed by atoms with Crippen molar-refractivity contribution < 1.29 is 8.78 Å². The Balaban J connectivity index is 2.43. The van der Waals surface area contributed by atoms with Gasteiger partial charge in [0, 0.05) is 16.5 Å². The maximum absolute atomic E-state index is 13.6. The second-order valence-corrected chi connectivity index (χ2v) is 5.83. The molecule has 2 aromatic rings. The maximum atomic E-state index is 13.6. The molecule has 1 atom stereocenters. The molecule has 90 valence electrons. The molecule has 17 heavy (non-hydrogen) atoms. The average molecular weight is 338 g/mol. The SMILES string of the molecule is Cc1csc(C(Br)c2ccc(F)cc2F)c1Cl. The maximum Gasteiger partial charge on any atom is 0.130 e. The average Bonchev–Trinajstić information content (AvgIpc) is 2.59. The highest BCUT2D eigenvalue weighted by Gasteiger charge is 2.20. The van der Waals surface area contributed by atoms with Crippen molar-refractivity contribution in [2.75, 3.05) is 0 Å². The minimum Gasteiger partial charge on any atom is -0.207 e. The van der Waals surface area contributed by atoms with Crippen molar-refractivity contribution in [1.29, 1.82) is 0 Å². The van der Waals surface area contributed by atoms with Crippen LogP contribution in [-0.2, 0) is 0 Å². The van der Waals surface area contributed by atoms with Crippen molar-refractivity contribution in [1.82, 2.24) is 0 Å². The van der Waals surface area contributed by atoms with E-state index in [1.165, 1.54) is 23.5 Å². The minimum atomic E-state index is -0.584. The summed E-state index contributed by atoms with van der Waals surface area (Å²) in [5, 5.41) is 2.54. The molecule has 0 aliphatic rings. The van der Waals surface area contributed by atoms with Crippen LogP contribution in [0, 0.1) is 18.6 Å². The molecule has 0 spiro atoms. The molecular formula is C12H8BrClF2S. The van der Waals surface area contributed by atoms with Crippen LogP contribution in [0.4, 0.5) is 8.78 Å². The van der Waals surface area contributed by atoms with Crippen molar-refractivity contribution in [3.8, 4) is 0 Å². The summed E-state index contributed by atoms with van der Waals surface area (Å²) in [5.74, 6) is -1.16. The Kier molecular flexibility index (Phi) is 3.85. The lowest BCUT2D eigenvalue weighted by Gasteiger charge is -2.10. The van der Waals surface area contributed by atoms with Gasteiger partial charge in [-0.1, -0.05) is 33.6 Å². The number of hydrogen-bond acceptors (Lipinski definition) is 1. The number of thiophene rings is 1. The predicted octanol–water partition coefficient (Wildman–Crippen LogP) is 5.47. The van der Waals surface area contributed by atoms with E-state index in [9.17, 15) is 8.78 Å². The lowest BCUT2D eigenvalue weighted by atomic mass is 10.1. The van der Waals surface area contributed by atoms with Crippen LogP contribution in [0.1, 0.15) is 20.8 Å². The Hall–Kier alpha value is -0.450. The van der Waals surface area contributed by atoms with Crippen LogP contribution < -0.4 is 0 Å². The van der Waals surface area contributed by atoms with Gasteiger partial charge in [-0.25, -0.2) is 8.78 Å². The van der Waals surface area contributed by atoms with Crippen LogP contribution in [0.5, 0.6) is 0 Å². The van der Waals surface area contributed by atoms with Gasteiger partial charge in [0.1, 0.15) is 11.6 Å². The van der Waals surface area contributed by atoms with Crippen molar-refractivity contribution in [2.24, 2.45) is 0 Å². The molecule has 0 aliphatic heterocycles. The van der Waals surface area contributed by atoms with Crippen molar-refractivity contribution in [3.05, 3.63) is 56.2 Å². The molecule has 1 aromatic carbocycles. The van der Waals surface area contributed by atoms with Crippen molar-refractivity contribution in [2.45, 2.75) is 11.8 Å². The summed E-state index contributed by atoms with van der Waals surface area (Å²) in [6.07, 6.45) is 0. The quantitative estimate of drug-likeness (QED) is 0.637. The van der Waals surface area contributed by atoms with Gasteiger partial charge >= 0.3 is 0 Å². The zero-order valence-corrected chi connectivity index (χ0v) is 12.0. The van der Waals surface area contributed by atoms with Crippen molar-refractivity contribution in [3.63, 3.8) is 0 Å². The summed E-state index contributed by atoms with van der Waals surface area (Å²) >= 11 is 11.0. The fourth-order valence-electron chi connectivity index (χ4n) is 1.47. The van der Waals surface area contributed by atoms with Gasteiger partial charge in [0.05, 0.1) is 9.85 Å². The number of rotatable bonds is 2. The first-order valence-electron chi connectivity index (χ1n) is 4.83. The Bertz CT molecular complexity index is 553. The smallest absolute Gasteiger partial charge is 0.130 e. The van der Waals surface area contributed by atoms with E-state index in [0.717, 1.165) is 16.5 Å². The second kappa shape index (κ2) is 5.04. The minimum absolute atomic E-state index is 0.353. The Morgan fingerprint density at radius 2 is 2.06 bits per heavy atom. The lowest BCUT2D eigenvalue weighted by molar-refractivity contribution is 0.574. The highest BCUT2D eigenvalue weighted by Crippen LogP contribution is 2.41. The van der Waals surface area contributed by atoms with E-state index in [2.05, 4.69) is 15.9 Å². The van der Waals surface area contributed by atoms with E-state index in [4.69, 9.17) is 11.6 Å². The molecule has 1 unspecified atom stereocenters. The second-order valence-electron chi connectivity index (χ2n) is 3.63. The number of hydrogen-bond donors (Lipinski definition) is 0. The van der Waals surface area contributed by atoms with Crippen LogP contribution in [-0.4, -0.2) is 0 Å². The number of benzene rings is 1. The molecule has 0 saturated carbocycles. The molecule has 5 heteroatoms. The summed E-state index contributed by atoms with van der Waals surface area (Å²) < 4.78 is 26.4. The summed E-state index contributed by atoms with van der Waals surface area (Å²) in [7, 11) is 0. The molecular weight excluding hydrogens is 330 g/mol. The zero-order chi connectivity index (χ0) is 12.6. The highest BCUT2D eigenvalue weighted by molar-refractivity contribution is 9.09.